The number of halogens is 3. The quantitative estimate of drug-likeness (QED) is 0.728. The second kappa shape index (κ2) is 7.23. The minimum atomic E-state index is -4.34. The summed E-state index contributed by atoms with van der Waals surface area (Å²) in [7, 11) is 0. The maximum absolute atomic E-state index is 12.8. The Labute approximate surface area is 118 Å². The molecule has 0 saturated heterocycles. The van der Waals surface area contributed by atoms with Gasteiger partial charge in [0.1, 0.15) is 5.75 Å². The van der Waals surface area contributed by atoms with E-state index in [2.05, 4.69) is 11.8 Å². The monoisotopic (exact) mass is 284 g/mol. The summed E-state index contributed by atoms with van der Waals surface area (Å²) in [4.78, 5) is 0. The number of hydrogen-bond acceptors (Lipinski definition) is 1. The Bertz CT molecular complexity index is 495. The zero-order valence-corrected chi connectivity index (χ0v) is 12.0. The third-order valence-electron chi connectivity index (χ3n) is 2.74. The summed E-state index contributed by atoms with van der Waals surface area (Å²) in [5, 5.41) is 0. The predicted molar refractivity (Wildman–Crippen MR) is 73.5 cm³/mol. The van der Waals surface area contributed by atoms with Crippen molar-refractivity contribution in [3.8, 4) is 17.6 Å². The highest BCUT2D eigenvalue weighted by atomic mass is 19.4. The number of ether oxygens (including phenoxy) is 1. The van der Waals surface area contributed by atoms with Crippen LogP contribution in [0.1, 0.15) is 38.3 Å². The summed E-state index contributed by atoms with van der Waals surface area (Å²) in [6, 6.07) is 3.60. The Kier molecular flexibility index (Phi) is 5.94. The molecule has 0 aliphatic heterocycles. The number of benzene rings is 1. The van der Waals surface area contributed by atoms with Crippen LogP contribution in [0.25, 0.3) is 0 Å². The number of rotatable bonds is 4. The Morgan fingerprint density at radius 1 is 1.25 bits per heavy atom. The largest absolute Gasteiger partial charge is 0.494 e. The van der Waals surface area contributed by atoms with Crippen LogP contribution >= 0.6 is 0 Å². The van der Waals surface area contributed by atoms with Gasteiger partial charge >= 0.3 is 6.18 Å². The van der Waals surface area contributed by atoms with Crippen molar-refractivity contribution in [2.24, 2.45) is 5.92 Å². The average Bonchev–Trinajstić information content (AvgIpc) is 2.37. The van der Waals surface area contributed by atoms with Gasteiger partial charge in [0.25, 0.3) is 0 Å². The lowest BCUT2D eigenvalue weighted by molar-refractivity contribution is -0.137. The first kappa shape index (κ1) is 16.4. The van der Waals surface area contributed by atoms with Gasteiger partial charge in [0.05, 0.1) is 12.2 Å². The molecule has 0 amide bonds. The second-order valence-electron chi connectivity index (χ2n) is 4.53. The van der Waals surface area contributed by atoms with Gasteiger partial charge in [-0.2, -0.15) is 13.2 Å². The molecule has 110 valence electrons. The van der Waals surface area contributed by atoms with Crippen molar-refractivity contribution < 1.29 is 17.9 Å². The molecule has 1 rings (SSSR count). The van der Waals surface area contributed by atoms with Crippen LogP contribution in [-0.4, -0.2) is 6.61 Å². The fraction of sp³-hybridized carbons (Fsp3) is 0.500. The van der Waals surface area contributed by atoms with Crippen molar-refractivity contribution in [2.75, 3.05) is 6.61 Å². The van der Waals surface area contributed by atoms with E-state index in [-0.39, 0.29) is 5.92 Å². The molecule has 0 fully saturated rings. The fourth-order valence-corrected chi connectivity index (χ4v) is 1.87. The molecule has 1 aromatic rings. The molecule has 20 heavy (non-hydrogen) atoms. The van der Waals surface area contributed by atoms with E-state index in [0.717, 1.165) is 18.6 Å². The van der Waals surface area contributed by atoms with Crippen LogP contribution in [0.15, 0.2) is 18.2 Å². The van der Waals surface area contributed by atoms with Gasteiger partial charge in [-0.05, 0) is 37.1 Å². The summed E-state index contributed by atoms with van der Waals surface area (Å²) in [5.41, 5.74) is -0.0915. The van der Waals surface area contributed by atoms with Crippen molar-refractivity contribution in [3.63, 3.8) is 0 Å². The Morgan fingerprint density at radius 3 is 2.50 bits per heavy atom. The minimum Gasteiger partial charge on any atom is -0.494 e. The lowest BCUT2D eigenvalue weighted by Crippen LogP contribution is -2.08. The molecule has 4 heteroatoms. The van der Waals surface area contributed by atoms with Crippen LogP contribution in [0.3, 0.4) is 0 Å². The van der Waals surface area contributed by atoms with Crippen LogP contribution in [0.5, 0.6) is 5.75 Å². The highest BCUT2D eigenvalue weighted by Crippen LogP contribution is 2.33. The lowest BCUT2D eigenvalue weighted by Gasteiger charge is -2.15. The van der Waals surface area contributed by atoms with E-state index in [9.17, 15) is 13.2 Å². The molecular formula is C16H19F3O. The summed E-state index contributed by atoms with van der Waals surface area (Å²) in [6.07, 6.45) is -3.14. The van der Waals surface area contributed by atoms with Gasteiger partial charge in [0, 0.05) is 12.3 Å². The number of alkyl halides is 3. The SMILES string of the molecule is CCC#CC(C)Cc1cc(C(F)(F)F)ccc1OCC. The van der Waals surface area contributed by atoms with Crippen molar-refractivity contribution in [1.82, 2.24) is 0 Å². The van der Waals surface area contributed by atoms with E-state index in [1.165, 1.54) is 6.07 Å². The molecule has 0 heterocycles. The highest BCUT2D eigenvalue weighted by Gasteiger charge is 2.31. The highest BCUT2D eigenvalue weighted by molar-refractivity contribution is 5.39. The molecule has 0 aliphatic rings. The van der Waals surface area contributed by atoms with Crippen LogP contribution in [0, 0.1) is 17.8 Å². The third kappa shape index (κ3) is 4.80. The zero-order valence-electron chi connectivity index (χ0n) is 12.0. The minimum absolute atomic E-state index is 0.00219. The molecule has 0 N–H and O–H groups in total. The first-order valence-corrected chi connectivity index (χ1v) is 6.69. The second-order valence-corrected chi connectivity index (χ2v) is 4.53. The van der Waals surface area contributed by atoms with Crippen molar-refractivity contribution in [2.45, 2.75) is 39.8 Å². The first-order valence-electron chi connectivity index (χ1n) is 6.69. The first-order chi connectivity index (χ1) is 9.38. The molecule has 0 saturated carbocycles. The maximum Gasteiger partial charge on any atom is 0.416 e. The molecule has 1 nitrogen and oxygen atoms in total. The molecule has 1 atom stereocenters. The van der Waals surface area contributed by atoms with E-state index < -0.39 is 11.7 Å². The van der Waals surface area contributed by atoms with Gasteiger partial charge in [-0.3, -0.25) is 0 Å². The topological polar surface area (TPSA) is 9.23 Å². The summed E-state index contributed by atoms with van der Waals surface area (Å²) >= 11 is 0. The van der Waals surface area contributed by atoms with Crippen molar-refractivity contribution in [3.05, 3.63) is 29.3 Å². The Hall–Kier alpha value is -1.63. The molecular weight excluding hydrogens is 265 g/mol. The van der Waals surface area contributed by atoms with Crippen LogP contribution in [-0.2, 0) is 12.6 Å². The molecule has 0 spiro atoms. The Balaban J connectivity index is 3.05. The van der Waals surface area contributed by atoms with Crippen LogP contribution in [0.2, 0.25) is 0 Å². The third-order valence-corrected chi connectivity index (χ3v) is 2.74. The normalized spacial score (nSPS) is 12.5. The van der Waals surface area contributed by atoms with E-state index >= 15 is 0 Å². The molecule has 1 aromatic carbocycles. The van der Waals surface area contributed by atoms with E-state index in [0.29, 0.717) is 24.3 Å². The lowest BCUT2D eigenvalue weighted by atomic mass is 9.98. The van der Waals surface area contributed by atoms with Crippen molar-refractivity contribution in [1.29, 1.82) is 0 Å². The molecule has 0 bridgehead atoms. The molecule has 0 aromatic heterocycles. The molecule has 0 aliphatic carbocycles. The maximum atomic E-state index is 12.8. The van der Waals surface area contributed by atoms with Gasteiger partial charge in [0.15, 0.2) is 0 Å². The van der Waals surface area contributed by atoms with Gasteiger partial charge in [-0.25, -0.2) is 0 Å². The Morgan fingerprint density at radius 2 is 1.95 bits per heavy atom. The average molecular weight is 284 g/mol. The summed E-state index contributed by atoms with van der Waals surface area (Å²) in [6.45, 7) is 6.07. The van der Waals surface area contributed by atoms with E-state index in [1.54, 1.807) is 0 Å². The zero-order chi connectivity index (χ0) is 15.2. The number of hydrogen-bond donors (Lipinski definition) is 0. The van der Waals surface area contributed by atoms with Gasteiger partial charge < -0.3 is 4.74 Å². The van der Waals surface area contributed by atoms with Gasteiger partial charge in [-0.1, -0.05) is 19.8 Å². The summed E-state index contributed by atoms with van der Waals surface area (Å²) in [5.74, 6) is 6.48. The predicted octanol–water partition coefficient (Wildman–Crippen LogP) is 4.70. The van der Waals surface area contributed by atoms with Gasteiger partial charge in [0.2, 0.25) is 0 Å². The molecule has 1 unspecified atom stereocenters. The van der Waals surface area contributed by atoms with Gasteiger partial charge in [-0.15, -0.1) is 5.92 Å². The molecule has 0 radical (unpaired) electrons. The van der Waals surface area contributed by atoms with E-state index in [4.69, 9.17) is 4.74 Å². The van der Waals surface area contributed by atoms with Crippen LogP contribution in [0.4, 0.5) is 13.2 Å². The standard InChI is InChI=1S/C16H19F3O/c1-4-6-7-12(3)10-13-11-14(16(17,18)19)8-9-15(13)20-5-2/h8-9,11-12H,4-5,10H2,1-3H3. The van der Waals surface area contributed by atoms with Crippen molar-refractivity contribution >= 4 is 0 Å². The van der Waals surface area contributed by atoms with Crippen LogP contribution < -0.4 is 4.74 Å². The fourth-order valence-electron chi connectivity index (χ4n) is 1.87. The smallest absolute Gasteiger partial charge is 0.416 e. The van der Waals surface area contributed by atoms with E-state index in [1.807, 2.05) is 20.8 Å². The summed E-state index contributed by atoms with van der Waals surface area (Å²) < 4.78 is 43.7.